The summed E-state index contributed by atoms with van der Waals surface area (Å²) in [7, 11) is 0. The van der Waals surface area contributed by atoms with Crippen molar-refractivity contribution >= 4 is 33.6 Å². The first-order valence-corrected chi connectivity index (χ1v) is 12.5. The molecule has 1 fully saturated rings. The summed E-state index contributed by atoms with van der Waals surface area (Å²) >= 11 is 1.65. The van der Waals surface area contributed by atoms with Crippen LogP contribution in [-0.4, -0.2) is 38.7 Å². The lowest BCUT2D eigenvalue weighted by atomic mass is 10.1. The molecule has 0 amide bonds. The number of hydrogen-bond donors (Lipinski definition) is 0. The van der Waals surface area contributed by atoms with Crippen LogP contribution in [0.2, 0.25) is 0 Å². The third-order valence-corrected chi connectivity index (χ3v) is 7.86. The number of hydrogen-bond acceptors (Lipinski definition) is 6. The molecule has 168 valence electrons. The van der Waals surface area contributed by atoms with E-state index in [0.717, 1.165) is 65.3 Å². The molecule has 2 aliphatic rings. The fraction of sp³-hybridized carbons (Fsp3) is 0.360. The van der Waals surface area contributed by atoms with Crippen molar-refractivity contribution in [1.82, 2.24) is 19.4 Å². The summed E-state index contributed by atoms with van der Waals surface area (Å²) in [6, 6.07) is 10.2. The number of rotatable bonds is 4. The molecule has 7 nitrogen and oxygen atoms in total. The van der Waals surface area contributed by atoms with Crippen LogP contribution in [0.5, 0.6) is 0 Å². The van der Waals surface area contributed by atoms with Crippen molar-refractivity contribution in [3.05, 3.63) is 68.7 Å². The number of aromatic nitrogens is 4. The minimum absolute atomic E-state index is 0.0803. The van der Waals surface area contributed by atoms with Gasteiger partial charge in [0.2, 0.25) is 0 Å². The van der Waals surface area contributed by atoms with Crippen LogP contribution < -0.4 is 10.5 Å². The predicted octanol–water partition coefficient (Wildman–Crippen LogP) is 4.31. The first-order valence-electron chi connectivity index (χ1n) is 11.7. The molecule has 1 saturated heterocycles. The van der Waals surface area contributed by atoms with E-state index >= 15 is 0 Å². The number of anilines is 1. The lowest BCUT2D eigenvalue weighted by Crippen LogP contribution is -2.32. The highest BCUT2D eigenvalue weighted by molar-refractivity contribution is 7.18. The van der Waals surface area contributed by atoms with Gasteiger partial charge in [0.05, 0.1) is 28.5 Å². The molecule has 4 heterocycles. The maximum Gasteiger partial charge on any atom is 0.282 e. The predicted molar refractivity (Wildman–Crippen MR) is 133 cm³/mol. The van der Waals surface area contributed by atoms with Gasteiger partial charge in [0.15, 0.2) is 0 Å². The number of fused-ring (bicyclic) bond motifs is 3. The number of piperidine rings is 1. The van der Waals surface area contributed by atoms with Crippen LogP contribution >= 0.6 is 11.3 Å². The Hall–Kier alpha value is -3.26. The summed E-state index contributed by atoms with van der Waals surface area (Å²) in [6.45, 7) is 3.99. The number of aryl methyl sites for hydroxylation is 3. The van der Waals surface area contributed by atoms with Crippen molar-refractivity contribution in [1.29, 1.82) is 0 Å². The normalized spacial score (nSPS) is 16.2. The van der Waals surface area contributed by atoms with E-state index in [1.807, 2.05) is 29.8 Å². The average Bonchev–Trinajstić information content (AvgIpc) is 3.53. The van der Waals surface area contributed by atoms with Gasteiger partial charge in [-0.25, -0.2) is 9.67 Å². The summed E-state index contributed by atoms with van der Waals surface area (Å²) in [4.78, 5) is 22.3. The van der Waals surface area contributed by atoms with Crippen molar-refractivity contribution in [3.8, 4) is 5.69 Å². The van der Waals surface area contributed by atoms with Crippen molar-refractivity contribution in [2.75, 3.05) is 18.0 Å². The molecule has 0 saturated carbocycles. The maximum absolute atomic E-state index is 13.3. The van der Waals surface area contributed by atoms with E-state index in [4.69, 9.17) is 5.10 Å². The molecule has 33 heavy (non-hydrogen) atoms. The zero-order valence-corrected chi connectivity index (χ0v) is 19.5. The smallest absolute Gasteiger partial charge is 0.282 e. The summed E-state index contributed by atoms with van der Waals surface area (Å²) in [6.07, 6.45) is 10.0. The molecule has 6 rings (SSSR count). The number of thiophene rings is 1. The molecule has 0 atom stereocenters. The van der Waals surface area contributed by atoms with Crippen LogP contribution in [0, 0.1) is 6.92 Å². The van der Waals surface area contributed by atoms with Crippen molar-refractivity contribution in [3.63, 3.8) is 0 Å². The Kier molecular flexibility index (Phi) is 5.10. The Morgan fingerprint density at radius 2 is 1.88 bits per heavy atom. The Labute approximate surface area is 196 Å². The molecule has 0 radical (unpaired) electrons. The zero-order chi connectivity index (χ0) is 22.4. The third-order valence-electron chi connectivity index (χ3n) is 6.66. The molecule has 8 heteroatoms. The van der Waals surface area contributed by atoms with Gasteiger partial charge in [-0.15, -0.1) is 11.3 Å². The lowest BCUT2D eigenvalue weighted by Gasteiger charge is -2.29. The van der Waals surface area contributed by atoms with E-state index in [0.29, 0.717) is 0 Å². The van der Waals surface area contributed by atoms with E-state index < -0.39 is 0 Å². The average molecular weight is 459 g/mol. The molecule has 3 aromatic heterocycles. The SMILES string of the molecule is Cc1nn(-c2ccccc2)c(N2CCCCC2)c1/C=N\n1cnc2sc3c(c2c1=O)CCC3. The summed E-state index contributed by atoms with van der Waals surface area (Å²) < 4.78 is 3.39. The molecule has 0 bridgehead atoms. The molecule has 1 aliphatic heterocycles. The summed E-state index contributed by atoms with van der Waals surface area (Å²) in [5.41, 5.74) is 3.96. The Bertz CT molecular complexity index is 1410. The Morgan fingerprint density at radius 1 is 1.06 bits per heavy atom. The molecule has 0 N–H and O–H groups in total. The molecule has 4 aromatic rings. The molecular weight excluding hydrogens is 432 g/mol. The standard InChI is InChI=1S/C25H26N6OS/c1-17-20(15-27-30-16-26-23-22(25(30)32)19-11-8-12-21(19)33-23)24(29-13-6-3-7-14-29)31(28-17)18-9-4-2-5-10-18/h2,4-5,9-10,15-16H,3,6-8,11-14H2,1H3/b27-15-. The third kappa shape index (κ3) is 3.49. The van der Waals surface area contributed by atoms with Crippen molar-refractivity contribution in [2.24, 2.45) is 5.10 Å². The van der Waals surface area contributed by atoms with Gasteiger partial charge in [-0.2, -0.15) is 14.9 Å². The molecule has 0 unspecified atom stereocenters. The molecular formula is C25H26N6OS. The minimum atomic E-state index is -0.0803. The van der Waals surface area contributed by atoms with Crippen molar-refractivity contribution in [2.45, 2.75) is 45.4 Å². The number of nitrogens with zero attached hydrogens (tertiary/aromatic N) is 6. The van der Waals surface area contributed by atoms with Gasteiger partial charge < -0.3 is 4.90 Å². The van der Waals surface area contributed by atoms with E-state index in [1.165, 1.54) is 34.4 Å². The highest BCUT2D eigenvalue weighted by Gasteiger charge is 2.24. The largest absolute Gasteiger partial charge is 0.356 e. The quantitative estimate of drug-likeness (QED) is 0.427. The van der Waals surface area contributed by atoms with E-state index in [-0.39, 0.29) is 5.56 Å². The van der Waals surface area contributed by atoms with Gasteiger partial charge >= 0.3 is 0 Å². The highest BCUT2D eigenvalue weighted by Crippen LogP contribution is 2.34. The van der Waals surface area contributed by atoms with Crippen LogP contribution in [0.15, 0.2) is 46.6 Å². The number of para-hydroxylation sites is 1. The fourth-order valence-corrected chi connectivity index (χ4v) is 6.23. The van der Waals surface area contributed by atoms with Crippen LogP contribution in [0.25, 0.3) is 15.9 Å². The second kappa shape index (κ2) is 8.26. The van der Waals surface area contributed by atoms with E-state index in [1.54, 1.807) is 23.9 Å². The van der Waals surface area contributed by atoms with E-state index in [2.05, 4.69) is 27.1 Å². The van der Waals surface area contributed by atoms with Gasteiger partial charge in [-0.1, -0.05) is 18.2 Å². The molecule has 0 spiro atoms. The van der Waals surface area contributed by atoms with Gasteiger partial charge in [0, 0.05) is 18.0 Å². The fourth-order valence-electron chi connectivity index (χ4n) is 5.02. The van der Waals surface area contributed by atoms with E-state index in [9.17, 15) is 4.79 Å². The first-order chi connectivity index (χ1) is 16.2. The van der Waals surface area contributed by atoms with Gasteiger partial charge in [0.25, 0.3) is 5.56 Å². The zero-order valence-electron chi connectivity index (χ0n) is 18.7. The van der Waals surface area contributed by atoms with Gasteiger partial charge in [-0.05, 0) is 63.1 Å². The maximum atomic E-state index is 13.3. The lowest BCUT2D eigenvalue weighted by molar-refractivity contribution is 0.567. The second-order valence-corrected chi connectivity index (χ2v) is 9.88. The van der Waals surface area contributed by atoms with Crippen LogP contribution in [0.1, 0.15) is 47.4 Å². The van der Waals surface area contributed by atoms with Crippen LogP contribution in [0.4, 0.5) is 5.82 Å². The monoisotopic (exact) mass is 458 g/mol. The Balaban J connectivity index is 1.45. The molecule has 1 aliphatic carbocycles. The number of benzene rings is 1. The highest BCUT2D eigenvalue weighted by atomic mass is 32.1. The van der Waals surface area contributed by atoms with Crippen LogP contribution in [-0.2, 0) is 12.8 Å². The minimum Gasteiger partial charge on any atom is -0.356 e. The van der Waals surface area contributed by atoms with Crippen LogP contribution in [0.3, 0.4) is 0 Å². The van der Waals surface area contributed by atoms with Gasteiger partial charge in [-0.3, -0.25) is 4.79 Å². The molecule has 1 aromatic carbocycles. The summed E-state index contributed by atoms with van der Waals surface area (Å²) in [5, 5.41) is 10.2. The topological polar surface area (TPSA) is 68.3 Å². The van der Waals surface area contributed by atoms with Gasteiger partial charge in [0.1, 0.15) is 17.0 Å². The second-order valence-electron chi connectivity index (χ2n) is 8.79. The Morgan fingerprint density at radius 3 is 2.70 bits per heavy atom. The summed E-state index contributed by atoms with van der Waals surface area (Å²) in [5.74, 6) is 1.04. The van der Waals surface area contributed by atoms with Crippen molar-refractivity contribution < 1.29 is 0 Å². The first kappa shape index (κ1) is 20.4.